The number of rotatable bonds is 2. The molecule has 3 heteroatoms. The van der Waals surface area contributed by atoms with Crippen LogP contribution < -0.4 is 0 Å². The Morgan fingerprint density at radius 3 is 1.95 bits per heavy atom. The van der Waals surface area contributed by atoms with Gasteiger partial charge in [0.15, 0.2) is 5.78 Å². The van der Waals surface area contributed by atoms with Crippen LogP contribution in [0.5, 0.6) is 0 Å². The van der Waals surface area contributed by atoms with E-state index in [-0.39, 0.29) is 17.5 Å². The van der Waals surface area contributed by atoms with Crippen LogP contribution in [0, 0.1) is 11.7 Å². The number of piperidine rings is 1. The standard InChI is InChI=1S/C13H16FNO.2C2H6/c1-15-8-6-11(7-9-15)13(16)10-2-4-12(14)5-3-10;2*1-2/h2-5,11H,6-9H2,1H3;2*1-2H3. The van der Waals surface area contributed by atoms with Gasteiger partial charge in [-0.05, 0) is 57.2 Å². The lowest BCUT2D eigenvalue weighted by atomic mass is 9.89. The number of carbonyl (C=O) groups is 1. The molecule has 0 amide bonds. The number of hydrogen-bond donors (Lipinski definition) is 0. The lowest BCUT2D eigenvalue weighted by Gasteiger charge is -2.27. The summed E-state index contributed by atoms with van der Waals surface area (Å²) >= 11 is 0. The average Bonchev–Trinajstić information content (AvgIpc) is 2.52. The van der Waals surface area contributed by atoms with E-state index < -0.39 is 0 Å². The van der Waals surface area contributed by atoms with E-state index in [9.17, 15) is 9.18 Å². The second kappa shape index (κ2) is 10.6. The molecule has 0 saturated carbocycles. The normalized spacial score (nSPS) is 15.5. The first-order chi connectivity index (χ1) is 9.66. The minimum Gasteiger partial charge on any atom is -0.306 e. The molecule has 0 aromatic heterocycles. The maximum absolute atomic E-state index is 12.7. The summed E-state index contributed by atoms with van der Waals surface area (Å²) in [5, 5.41) is 0. The Hall–Kier alpha value is -1.22. The molecule has 0 N–H and O–H groups in total. The molecule has 1 heterocycles. The second-order valence-electron chi connectivity index (χ2n) is 4.45. The van der Waals surface area contributed by atoms with Gasteiger partial charge in [-0.3, -0.25) is 4.79 Å². The van der Waals surface area contributed by atoms with Gasteiger partial charge in [0.2, 0.25) is 0 Å². The quantitative estimate of drug-likeness (QED) is 0.749. The molecule has 2 nitrogen and oxygen atoms in total. The number of halogens is 1. The van der Waals surface area contributed by atoms with E-state index in [0.717, 1.165) is 25.9 Å². The number of hydrogen-bond acceptors (Lipinski definition) is 2. The zero-order chi connectivity index (χ0) is 15.5. The molecule has 2 rings (SSSR count). The number of benzene rings is 1. The molecule has 0 spiro atoms. The molecule has 114 valence electrons. The fraction of sp³-hybridized carbons (Fsp3) is 0.588. The molecule has 20 heavy (non-hydrogen) atoms. The van der Waals surface area contributed by atoms with Crippen LogP contribution in [-0.4, -0.2) is 30.8 Å². The highest BCUT2D eigenvalue weighted by molar-refractivity contribution is 5.97. The van der Waals surface area contributed by atoms with E-state index >= 15 is 0 Å². The minimum absolute atomic E-state index is 0.113. The Bertz CT molecular complexity index is 367. The molecule has 1 saturated heterocycles. The molecule has 1 fully saturated rings. The average molecular weight is 281 g/mol. The Kier molecular flexibility index (Phi) is 9.91. The maximum atomic E-state index is 12.7. The van der Waals surface area contributed by atoms with Crippen molar-refractivity contribution in [3.63, 3.8) is 0 Å². The highest BCUT2D eigenvalue weighted by atomic mass is 19.1. The topological polar surface area (TPSA) is 20.3 Å². The predicted octanol–water partition coefficient (Wildman–Crippen LogP) is 4.40. The van der Waals surface area contributed by atoms with Gasteiger partial charge in [0.1, 0.15) is 5.82 Å². The van der Waals surface area contributed by atoms with Crippen molar-refractivity contribution in [2.75, 3.05) is 20.1 Å². The highest BCUT2D eigenvalue weighted by Gasteiger charge is 2.24. The van der Waals surface area contributed by atoms with Gasteiger partial charge in [-0.2, -0.15) is 0 Å². The van der Waals surface area contributed by atoms with Crippen molar-refractivity contribution in [2.24, 2.45) is 5.92 Å². The lowest BCUT2D eigenvalue weighted by molar-refractivity contribution is 0.0857. The molecule has 0 bridgehead atoms. The molecule has 0 atom stereocenters. The molecular weight excluding hydrogens is 253 g/mol. The number of nitrogens with zero attached hydrogens (tertiary/aromatic N) is 1. The van der Waals surface area contributed by atoms with Crippen LogP contribution in [0.25, 0.3) is 0 Å². The van der Waals surface area contributed by atoms with Crippen LogP contribution in [0.3, 0.4) is 0 Å². The van der Waals surface area contributed by atoms with Crippen LogP contribution in [0.4, 0.5) is 4.39 Å². The zero-order valence-corrected chi connectivity index (χ0v) is 13.4. The van der Waals surface area contributed by atoms with E-state index in [1.807, 2.05) is 27.7 Å². The van der Waals surface area contributed by atoms with E-state index in [1.165, 1.54) is 12.1 Å². The molecule has 0 radical (unpaired) electrons. The monoisotopic (exact) mass is 281 g/mol. The Balaban J connectivity index is 0.000000829. The van der Waals surface area contributed by atoms with Crippen molar-refractivity contribution in [1.82, 2.24) is 4.90 Å². The van der Waals surface area contributed by atoms with Crippen LogP contribution in [0.15, 0.2) is 24.3 Å². The Morgan fingerprint density at radius 2 is 1.50 bits per heavy atom. The van der Waals surface area contributed by atoms with E-state index in [2.05, 4.69) is 11.9 Å². The summed E-state index contributed by atoms with van der Waals surface area (Å²) in [5.41, 5.74) is 0.635. The third kappa shape index (κ3) is 5.83. The first-order valence-electron chi connectivity index (χ1n) is 7.65. The SMILES string of the molecule is CC.CC.CN1CCC(C(=O)c2ccc(F)cc2)CC1. The van der Waals surface area contributed by atoms with Gasteiger partial charge in [0, 0.05) is 11.5 Å². The number of likely N-dealkylation sites (tertiary alicyclic amines) is 1. The number of carbonyl (C=O) groups excluding carboxylic acids is 1. The minimum atomic E-state index is -0.292. The van der Waals surface area contributed by atoms with Crippen LogP contribution in [-0.2, 0) is 0 Å². The summed E-state index contributed by atoms with van der Waals surface area (Å²) in [5.74, 6) is -0.0188. The Labute approximate surface area is 123 Å². The van der Waals surface area contributed by atoms with E-state index in [1.54, 1.807) is 12.1 Å². The second-order valence-corrected chi connectivity index (χ2v) is 4.45. The van der Waals surface area contributed by atoms with Gasteiger partial charge in [0.25, 0.3) is 0 Å². The third-order valence-corrected chi connectivity index (χ3v) is 3.22. The fourth-order valence-corrected chi connectivity index (χ4v) is 2.12. The van der Waals surface area contributed by atoms with Crippen molar-refractivity contribution in [2.45, 2.75) is 40.5 Å². The van der Waals surface area contributed by atoms with Gasteiger partial charge in [0.05, 0.1) is 0 Å². The molecule has 1 aromatic rings. The van der Waals surface area contributed by atoms with Gasteiger partial charge in [-0.1, -0.05) is 27.7 Å². The molecular formula is C17H28FNO. The van der Waals surface area contributed by atoms with Crippen LogP contribution >= 0.6 is 0 Å². The fourth-order valence-electron chi connectivity index (χ4n) is 2.12. The summed E-state index contributed by atoms with van der Waals surface area (Å²) in [7, 11) is 2.07. The molecule has 1 aliphatic rings. The summed E-state index contributed by atoms with van der Waals surface area (Å²) in [6.45, 7) is 9.94. The van der Waals surface area contributed by atoms with Crippen molar-refractivity contribution in [3.05, 3.63) is 35.6 Å². The Morgan fingerprint density at radius 1 is 1.05 bits per heavy atom. The molecule has 1 aromatic carbocycles. The van der Waals surface area contributed by atoms with Crippen molar-refractivity contribution < 1.29 is 9.18 Å². The number of ketones is 1. The molecule has 1 aliphatic heterocycles. The third-order valence-electron chi connectivity index (χ3n) is 3.22. The summed E-state index contributed by atoms with van der Waals surface area (Å²) < 4.78 is 12.7. The van der Waals surface area contributed by atoms with Crippen LogP contribution in [0.2, 0.25) is 0 Å². The van der Waals surface area contributed by atoms with E-state index in [4.69, 9.17) is 0 Å². The maximum Gasteiger partial charge on any atom is 0.166 e. The van der Waals surface area contributed by atoms with Gasteiger partial charge >= 0.3 is 0 Å². The van der Waals surface area contributed by atoms with Gasteiger partial charge in [-0.15, -0.1) is 0 Å². The van der Waals surface area contributed by atoms with Crippen molar-refractivity contribution >= 4 is 5.78 Å². The highest BCUT2D eigenvalue weighted by Crippen LogP contribution is 2.21. The summed E-state index contributed by atoms with van der Waals surface area (Å²) in [4.78, 5) is 14.3. The lowest BCUT2D eigenvalue weighted by Crippen LogP contribution is -2.33. The predicted molar refractivity (Wildman–Crippen MR) is 83.6 cm³/mol. The van der Waals surface area contributed by atoms with Crippen molar-refractivity contribution in [1.29, 1.82) is 0 Å². The van der Waals surface area contributed by atoms with Crippen LogP contribution in [0.1, 0.15) is 50.9 Å². The largest absolute Gasteiger partial charge is 0.306 e. The first-order valence-corrected chi connectivity index (χ1v) is 7.65. The van der Waals surface area contributed by atoms with Gasteiger partial charge < -0.3 is 4.90 Å². The first kappa shape index (κ1) is 18.8. The zero-order valence-electron chi connectivity index (χ0n) is 13.4. The summed E-state index contributed by atoms with van der Waals surface area (Å²) in [6, 6.07) is 5.86. The molecule has 0 unspecified atom stereocenters. The van der Waals surface area contributed by atoms with E-state index in [0.29, 0.717) is 5.56 Å². The number of Topliss-reactive ketones (excluding diaryl/α,β-unsaturated/α-hetero) is 1. The smallest absolute Gasteiger partial charge is 0.166 e. The van der Waals surface area contributed by atoms with Gasteiger partial charge in [-0.25, -0.2) is 4.39 Å². The summed E-state index contributed by atoms with van der Waals surface area (Å²) in [6.07, 6.45) is 1.82. The molecule has 0 aliphatic carbocycles. The van der Waals surface area contributed by atoms with Crippen molar-refractivity contribution in [3.8, 4) is 0 Å².